The van der Waals surface area contributed by atoms with Crippen molar-refractivity contribution >= 4 is 0 Å². The third-order valence-corrected chi connectivity index (χ3v) is 2.94. The molecule has 3 N–H and O–H groups in total. The van der Waals surface area contributed by atoms with Gasteiger partial charge in [-0.15, -0.1) is 0 Å². The quantitative estimate of drug-likeness (QED) is 0.633. The molecule has 1 aliphatic heterocycles. The van der Waals surface area contributed by atoms with Gasteiger partial charge in [-0.2, -0.15) is 0 Å². The summed E-state index contributed by atoms with van der Waals surface area (Å²) in [6, 6.07) is 0.698. The van der Waals surface area contributed by atoms with Crippen molar-refractivity contribution in [2.24, 2.45) is 5.73 Å². The minimum absolute atomic E-state index is 0.117. The number of likely N-dealkylation sites (N-methyl/N-ethyl adjacent to an activating group) is 1. The van der Waals surface area contributed by atoms with Crippen molar-refractivity contribution in [3.63, 3.8) is 0 Å². The summed E-state index contributed by atoms with van der Waals surface area (Å²) in [6.45, 7) is 6.68. The Bertz CT molecular complexity index is 165. The van der Waals surface area contributed by atoms with Crippen LogP contribution in [0.1, 0.15) is 13.3 Å². The van der Waals surface area contributed by atoms with Crippen LogP contribution in [0.25, 0.3) is 0 Å². The van der Waals surface area contributed by atoms with E-state index < -0.39 is 0 Å². The summed E-state index contributed by atoms with van der Waals surface area (Å²) in [5.41, 5.74) is 5.90. The second-order valence-corrected chi connectivity index (χ2v) is 4.38. The Morgan fingerprint density at radius 2 is 2.21 bits per heavy atom. The molecule has 84 valence electrons. The molecule has 1 saturated heterocycles. The molecule has 14 heavy (non-hydrogen) atoms. The number of nitrogens with zero attached hydrogens (tertiary/aromatic N) is 2. The van der Waals surface area contributed by atoms with E-state index in [1.807, 2.05) is 0 Å². The highest BCUT2D eigenvalue weighted by Gasteiger charge is 2.22. The first kappa shape index (κ1) is 11.9. The molecule has 0 saturated carbocycles. The van der Waals surface area contributed by atoms with E-state index in [1.165, 1.54) is 0 Å². The van der Waals surface area contributed by atoms with Gasteiger partial charge in [0, 0.05) is 44.9 Å². The summed E-state index contributed by atoms with van der Waals surface area (Å²) >= 11 is 0. The lowest BCUT2D eigenvalue weighted by Crippen LogP contribution is -2.53. The minimum atomic E-state index is 0.117. The highest BCUT2D eigenvalue weighted by molar-refractivity contribution is 4.80. The van der Waals surface area contributed by atoms with Gasteiger partial charge in [-0.1, -0.05) is 0 Å². The van der Waals surface area contributed by atoms with E-state index in [4.69, 9.17) is 10.8 Å². The number of hydrogen-bond donors (Lipinski definition) is 2. The van der Waals surface area contributed by atoms with Gasteiger partial charge < -0.3 is 15.7 Å². The van der Waals surface area contributed by atoms with Crippen LogP contribution >= 0.6 is 0 Å². The van der Waals surface area contributed by atoms with Crippen molar-refractivity contribution in [2.75, 3.05) is 39.8 Å². The van der Waals surface area contributed by atoms with Crippen molar-refractivity contribution in [2.45, 2.75) is 25.4 Å². The Morgan fingerprint density at radius 3 is 2.79 bits per heavy atom. The minimum Gasteiger partial charge on any atom is -0.396 e. The van der Waals surface area contributed by atoms with Crippen LogP contribution in [-0.2, 0) is 0 Å². The van der Waals surface area contributed by atoms with Crippen LogP contribution in [0.3, 0.4) is 0 Å². The van der Waals surface area contributed by atoms with Gasteiger partial charge in [0.1, 0.15) is 0 Å². The normalized spacial score (nSPS) is 27.9. The van der Waals surface area contributed by atoms with Crippen LogP contribution in [0.5, 0.6) is 0 Å². The van der Waals surface area contributed by atoms with Gasteiger partial charge in [0.15, 0.2) is 0 Å². The van der Waals surface area contributed by atoms with Gasteiger partial charge in [0.2, 0.25) is 0 Å². The van der Waals surface area contributed by atoms with Gasteiger partial charge in [-0.05, 0) is 20.4 Å². The number of piperazine rings is 1. The molecule has 0 aromatic rings. The molecule has 4 heteroatoms. The van der Waals surface area contributed by atoms with Crippen molar-refractivity contribution in [3.8, 4) is 0 Å². The third-order valence-electron chi connectivity index (χ3n) is 2.94. The van der Waals surface area contributed by atoms with E-state index in [0.29, 0.717) is 12.5 Å². The maximum absolute atomic E-state index is 8.77. The topological polar surface area (TPSA) is 52.7 Å². The first-order chi connectivity index (χ1) is 6.63. The molecular formula is C10H23N3O. The lowest BCUT2D eigenvalue weighted by atomic mass is 10.1. The Labute approximate surface area is 86.7 Å². The summed E-state index contributed by atoms with van der Waals surface area (Å²) in [4.78, 5) is 4.76. The average Bonchev–Trinajstić information content (AvgIpc) is 2.10. The molecule has 0 amide bonds. The van der Waals surface area contributed by atoms with Gasteiger partial charge in [-0.25, -0.2) is 0 Å². The fraction of sp³-hybridized carbons (Fsp3) is 1.00. The third kappa shape index (κ3) is 3.53. The molecule has 4 nitrogen and oxygen atoms in total. The molecule has 1 rings (SSSR count). The summed E-state index contributed by atoms with van der Waals surface area (Å²) in [6.07, 6.45) is 0.707. The predicted molar refractivity (Wildman–Crippen MR) is 58.2 cm³/mol. The van der Waals surface area contributed by atoms with Crippen LogP contribution in [-0.4, -0.2) is 66.8 Å². The fourth-order valence-corrected chi connectivity index (χ4v) is 2.01. The summed E-state index contributed by atoms with van der Waals surface area (Å²) in [7, 11) is 2.15. The molecule has 0 spiro atoms. The molecule has 0 aliphatic carbocycles. The van der Waals surface area contributed by atoms with E-state index in [-0.39, 0.29) is 12.6 Å². The zero-order valence-electron chi connectivity index (χ0n) is 9.32. The maximum atomic E-state index is 8.77. The Balaban J connectivity index is 2.29. The fourth-order valence-electron chi connectivity index (χ4n) is 2.01. The van der Waals surface area contributed by atoms with Crippen LogP contribution < -0.4 is 5.73 Å². The Hall–Kier alpha value is -0.160. The van der Waals surface area contributed by atoms with Crippen LogP contribution in [0.4, 0.5) is 0 Å². The molecule has 1 fully saturated rings. The standard InChI is InChI=1S/C10H23N3O/c1-9-7-12(2)4-5-13(9)8-10(11)3-6-14/h9-10,14H,3-8,11H2,1-2H3. The first-order valence-electron chi connectivity index (χ1n) is 5.42. The monoisotopic (exact) mass is 201 g/mol. The second kappa shape index (κ2) is 5.66. The zero-order valence-corrected chi connectivity index (χ0v) is 9.32. The highest BCUT2D eigenvalue weighted by Crippen LogP contribution is 2.08. The van der Waals surface area contributed by atoms with E-state index in [2.05, 4.69) is 23.8 Å². The van der Waals surface area contributed by atoms with Crippen LogP contribution in [0, 0.1) is 0 Å². The molecule has 0 aromatic heterocycles. The largest absolute Gasteiger partial charge is 0.396 e. The number of aliphatic hydroxyl groups excluding tert-OH is 1. The first-order valence-corrected chi connectivity index (χ1v) is 5.42. The van der Waals surface area contributed by atoms with Crippen molar-refractivity contribution in [3.05, 3.63) is 0 Å². The zero-order chi connectivity index (χ0) is 10.6. The second-order valence-electron chi connectivity index (χ2n) is 4.38. The lowest BCUT2D eigenvalue weighted by Gasteiger charge is -2.39. The van der Waals surface area contributed by atoms with Gasteiger partial charge in [0.25, 0.3) is 0 Å². The summed E-state index contributed by atoms with van der Waals surface area (Å²) in [5.74, 6) is 0. The summed E-state index contributed by atoms with van der Waals surface area (Å²) < 4.78 is 0. The van der Waals surface area contributed by atoms with Gasteiger partial charge >= 0.3 is 0 Å². The molecule has 0 aromatic carbocycles. The van der Waals surface area contributed by atoms with Crippen LogP contribution in [0.15, 0.2) is 0 Å². The molecule has 1 heterocycles. The number of nitrogens with two attached hydrogens (primary N) is 1. The molecule has 0 radical (unpaired) electrons. The SMILES string of the molecule is CC1CN(C)CCN1CC(N)CCO. The van der Waals surface area contributed by atoms with Gasteiger partial charge in [0.05, 0.1) is 0 Å². The predicted octanol–water partition coefficient (Wildman–Crippen LogP) is -0.668. The van der Waals surface area contributed by atoms with E-state index in [0.717, 1.165) is 26.2 Å². The maximum Gasteiger partial charge on any atom is 0.0446 e. The number of aliphatic hydroxyl groups is 1. The smallest absolute Gasteiger partial charge is 0.0446 e. The number of rotatable bonds is 4. The molecular weight excluding hydrogens is 178 g/mol. The average molecular weight is 201 g/mol. The Kier molecular flexibility index (Phi) is 4.81. The highest BCUT2D eigenvalue weighted by atomic mass is 16.3. The van der Waals surface area contributed by atoms with Crippen molar-refractivity contribution in [1.82, 2.24) is 9.80 Å². The molecule has 1 aliphatic rings. The molecule has 2 atom stereocenters. The Morgan fingerprint density at radius 1 is 1.50 bits per heavy atom. The molecule has 2 unspecified atom stereocenters. The van der Waals surface area contributed by atoms with Crippen molar-refractivity contribution in [1.29, 1.82) is 0 Å². The van der Waals surface area contributed by atoms with E-state index in [1.54, 1.807) is 0 Å². The van der Waals surface area contributed by atoms with Gasteiger partial charge in [-0.3, -0.25) is 4.90 Å². The van der Waals surface area contributed by atoms with E-state index >= 15 is 0 Å². The van der Waals surface area contributed by atoms with E-state index in [9.17, 15) is 0 Å². The molecule has 0 bridgehead atoms. The summed E-state index contributed by atoms with van der Waals surface area (Å²) in [5, 5.41) is 8.77. The number of hydrogen-bond acceptors (Lipinski definition) is 4. The lowest BCUT2D eigenvalue weighted by molar-refractivity contribution is 0.0913. The van der Waals surface area contributed by atoms with Crippen molar-refractivity contribution < 1.29 is 5.11 Å². The van der Waals surface area contributed by atoms with Crippen LogP contribution in [0.2, 0.25) is 0 Å².